The summed E-state index contributed by atoms with van der Waals surface area (Å²) in [4.78, 5) is 0. The van der Waals surface area contributed by atoms with E-state index in [0.717, 1.165) is 12.8 Å². The minimum Gasteiger partial charge on any atom is -0.489 e. The van der Waals surface area contributed by atoms with Crippen LogP contribution in [-0.2, 0) is 0 Å². The fraction of sp³-hybridized carbons (Fsp3) is 0.579. The summed E-state index contributed by atoms with van der Waals surface area (Å²) in [5.74, 6) is 0.782. The van der Waals surface area contributed by atoms with Gasteiger partial charge in [-0.25, -0.2) is 0 Å². The van der Waals surface area contributed by atoms with Gasteiger partial charge in [-0.3, -0.25) is 0 Å². The summed E-state index contributed by atoms with van der Waals surface area (Å²) in [6, 6.07) is 3.13. The van der Waals surface area contributed by atoms with Gasteiger partial charge in [0.15, 0.2) is 11.5 Å². The van der Waals surface area contributed by atoms with Crippen LogP contribution >= 0.6 is 0 Å². The van der Waals surface area contributed by atoms with Gasteiger partial charge in [0.1, 0.15) is 12.4 Å². The Morgan fingerprint density at radius 2 is 1.76 bits per heavy atom. The lowest BCUT2D eigenvalue weighted by Gasteiger charge is -2.18. The zero-order valence-electron chi connectivity index (χ0n) is 14.3. The average molecular weight is 356 g/mol. The average Bonchev–Trinajstić information content (AvgIpc) is 3.20. The minimum absolute atomic E-state index is 0.0175. The van der Waals surface area contributed by atoms with E-state index in [1.807, 2.05) is 6.08 Å². The molecular weight excluding hydrogens is 333 g/mol. The van der Waals surface area contributed by atoms with E-state index in [0.29, 0.717) is 23.8 Å². The number of rotatable bonds is 7. The maximum atomic E-state index is 12.7. The maximum absolute atomic E-state index is 12.7. The van der Waals surface area contributed by atoms with Crippen molar-refractivity contribution in [3.63, 3.8) is 0 Å². The number of halogens is 3. The van der Waals surface area contributed by atoms with Crippen LogP contribution in [-0.4, -0.2) is 19.1 Å². The molecule has 0 amide bonds. The molecule has 0 N–H and O–H groups in total. The van der Waals surface area contributed by atoms with Crippen LogP contribution in [0.15, 0.2) is 24.3 Å². The van der Waals surface area contributed by atoms with Gasteiger partial charge in [-0.05, 0) is 50.7 Å². The van der Waals surface area contributed by atoms with Gasteiger partial charge in [-0.15, -0.1) is 13.2 Å². The van der Waals surface area contributed by atoms with Crippen molar-refractivity contribution < 1.29 is 27.4 Å². The molecule has 6 heteroatoms. The molecule has 25 heavy (non-hydrogen) atoms. The molecule has 2 fully saturated rings. The second-order valence-electron chi connectivity index (χ2n) is 6.66. The van der Waals surface area contributed by atoms with Crippen molar-refractivity contribution in [2.45, 2.75) is 57.9 Å². The predicted molar refractivity (Wildman–Crippen MR) is 88.1 cm³/mol. The summed E-state index contributed by atoms with van der Waals surface area (Å²) in [7, 11) is 0. The number of allylic oxidation sites excluding steroid dienone is 1. The van der Waals surface area contributed by atoms with Gasteiger partial charge in [-0.2, -0.15) is 0 Å². The molecule has 0 bridgehead atoms. The third kappa shape index (κ3) is 5.31. The normalized spacial score (nSPS) is 18.7. The van der Waals surface area contributed by atoms with Crippen molar-refractivity contribution >= 4 is 0 Å². The number of ether oxygens (including phenoxy) is 3. The van der Waals surface area contributed by atoms with Crippen molar-refractivity contribution in [3.8, 4) is 17.2 Å². The Bertz CT molecular complexity index is 615. The molecule has 0 radical (unpaired) electrons. The number of alkyl halides is 3. The molecule has 0 aliphatic heterocycles. The van der Waals surface area contributed by atoms with Crippen LogP contribution in [0.4, 0.5) is 13.2 Å². The Morgan fingerprint density at radius 1 is 1.08 bits per heavy atom. The van der Waals surface area contributed by atoms with Crippen LogP contribution in [0.5, 0.6) is 17.2 Å². The molecule has 0 heterocycles. The summed E-state index contributed by atoms with van der Waals surface area (Å²) in [5, 5.41) is 0. The zero-order chi connectivity index (χ0) is 17.9. The fourth-order valence-electron chi connectivity index (χ4n) is 3.04. The lowest BCUT2D eigenvalue weighted by atomic mass is 10.1. The van der Waals surface area contributed by atoms with Crippen molar-refractivity contribution in [3.05, 3.63) is 29.8 Å². The molecular formula is C19H23F3O3. The second-order valence-corrected chi connectivity index (χ2v) is 6.66. The van der Waals surface area contributed by atoms with E-state index in [4.69, 9.17) is 9.47 Å². The van der Waals surface area contributed by atoms with Gasteiger partial charge < -0.3 is 14.2 Å². The monoisotopic (exact) mass is 356 g/mol. The lowest BCUT2D eigenvalue weighted by molar-refractivity contribution is -0.275. The highest BCUT2D eigenvalue weighted by molar-refractivity contribution is 5.53. The van der Waals surface area contributed by atoms with Crippen molar-refractivity contribution in [2.75, 3.05) is 6.61 Å². The van der Waals surface area contributed by atoms with E-state index in [9.17, 15) is 13.2 Å². The molecule has 138 valence electrons. The van der Waals surface area contributed by atoms with E-state index < -0.39 is 6.36 Å². The highest BCUT2D eigenvalue weighted by atomic mass is 19.4. The molecule has 0 spiro atoms. The van der Waals surface area contributed by atoms with Gasteiger partial charge >= 0.3 is 6.36 Å². The Labute approximate surface area is 145 Å². The van der Waals surface area contributed by atoms with E-state index in [-0.39, 0.29) is 17.6 Å². The molecule has 2 saturated carbocycles. The van der Waals surface area contributed by atoms with Gasteiger partial charge in [0.05, 0.1) is 6.10 Å². The Morgan fingerprint density at radius 3 is 2.40 bits per heavy atom. The third-order valence-corrected chi connectivity index (χ3v) is 4.50. The molecule has 0 saturated heterocycles. The molecule has 0 aromatic heterocycles. The summed E-state index contributed by atoms with van der Waals surface area (Å²) < 4.78 is 53.6. The van der Waals surface area contributed by atoms with Gasteiger partial charge in [0.25, 0.3) is 0 Å². The first-order chi connectivity index (χ1) is 11.9. The topological polar surface area (TPSA) is 27.7 Å². The van der Waals surface area contributed by atoms with Crippen LogP contribution in [0.2, 0.25) is 0 Å². The Kier molecular flexibility index (Phi) is 5.45. The quantitative estimate of drug-likeness (QED) is 0.599. The van der Waals surface area contributed by atoms with Gasteiger partial charge in [0.2, 0.25) is 0 Å². The Hall–Kier alpha value is -1.85. The van der Waals surface area contributed by atoms with Crippen LogP contribution in [0, 0.1) is 12.8 Å². The highest BCUT2D eigenvalue weighted by Gasteiger charge is 2.35. The van der Waals surface area contributed by atoms with E-state index in [1.165, 1.54) is 31.7 Å². The molecule has 3 nitrogen and oxygen atoms in total. The first-order valence-electron chi connectivity index (χ1n) is 8.78. The summed E-state index contributed by atoms with van der Waals surface area (Å²) in [5.41, 5.74) is 0.296. The van der Waals surface area contributed by atoms with Crippen molar-refractivity contribution in [1.29, 1.82) is 0 Å². The second kappa shape index (κ2) is 7.58. The molecule has 1 aromatic rings. The first kappa shape index (κ1) is 18.0. The van der Waals surface area contributed by atoms with Crippen molar-refractivity contribution in [1.82, 2.24) is 0 Å². The SMILES string of the molecule is Cc1c(OC/C=C/C2CCCC2)ccc(OC2CC2)c1OC(F)(F)F. The summed E-state index contributed by atoms with van der Waals surface area (Å²) >= 11 is 0. The maximum Gasteiger partial charge on any atom is 0.573 e. The number of hydrogen-bond donors (Lipinski definition) is 0. The van der Waals surface area contributed by atoms with Gasteiger partial charge in [-0.1, -0.05) is 25.0 Å². The fourth-order valence-corrected chi connectivity index (χ4v) is 3.04. The van der Waals surface area contributed by atoms with E-state index in [2.05, 4.69) is 10.8 Å². The van der Waals surface area contributed by atoms with Crippen molar-refractivity contribution in [2.24, 2.45) is 5.92 Å². The van der Waals surface area contributed by atoms with Crippen LogP contribution < -0.4 is 14.2 Å². The molecule has 2 aliphatic carbocycles. The number of benzene rings is 1. The largest absolute Gasteiger partial charge is 0.573 e. The van der Waals surface area contributed by atoms with Crippen LogP contribution in [0.3, 0.4) is 0 Å². The highest BCUT2D eigenvalue weighted by Crippen LogP contribution is 2.42. The third-order valence-electron chi connectivity index (χ3n) is 4.50. The summed E-state index contributed by atoms with van der Waals surface area (Å²) in [6.07, 6.45) is 5.92. The molecule has 3 rings (SSSR count). The Balaban J connectivity index is 1.68. The van der Waals surface area contributed by atoms with E-state index in [1.54, 1.807) is 13.0 Å². The first-order valence-corrected chi connectivity index (χ1v) is 8.78. The smallest absolute Gasteiger partial charge is 0.489 e. The predicted octanol–water partition coefficient (Wildman–Crippen LogP) is 5.56. The zero-order valence-corrected chi connectivity index (χ0v) is 14.3. The van der Waals surface area contributed by atoms with Crippen LogP contribution in [0.1, 0.15) is 44.1 Å². The van der Waals surface area contributed by atoms with Gasteiger partial charge in [0, 0.05) is 5.56 Å². The molecule has 1 aromatic carbocycles. The van der Waals surface area contributed by atoms with Crippen LogP contribution in [0.25, 0.3) is 0 Å². The molecule has 0 atom stereocenters. The number of hydrogen-bond acceptors (Lipinski definition) is 3. The molecule has 0 unspecified atom stereocenters. The standard InChI is InChI=1S/C19H23F3O3/c1-13-16(23-12-4-7-14-5-2-3-6-14)10-11-17(24-15-8-9-15)18(13)25-19(20,21)22/h4,7,10-11,14-15H,2-3,5-6,8-9,12H2,1H3/b7-4+. The lowest BCUT2D eigenvalue weighted by Crippen LogP contribution is -2.19. The molecule has 2 aliphatic rings. The van der Waals surface area contributed by atoms with E-state index >= 15 is 0 Å². The minimum atomic E-state index is -4.77. The summed E-state index contributed by atoms with van der Waals surface area (Å²) in [6.45, 7) is 1.88.